The Balaban J connectivity index is 0.000000189. The lowest BCUT2D eigenvalue weighted by molar-refractivity contribution is -0.535. The van der Waals surface area contributed by atoms with Gasteiger partial charge in [-0.25, -0.2) is 0 Å². The topological polar surface area (TPSA) is 25.8 Å². The Bertz CT molecular complexity index is 1140. The van der Waals surface area contributed by atoms with Crippen molar-refractivity contribution in [3.05, 3.63) is 82.7 Å². The summed E-state index contributed by atoms with van der Waals surface area (Å²) < 4.78 is 43.7. The van der Waals surface area contributed by atoms with Gasteiger partial charge in [0.2, 0.25) is 3.57 Å². The Morgan fingerprint density at radius 1 is 0.719 bits per heavy atom. The molecule has 0 bridgehead atoms. The highest BCUT2D eigenvalue weighted by Gasteiger charge is 2.20. The molecule has 166 valence electrons. The molecule has 2 aromatic carbocycles. The summed E-state index contributed by atoms with van der Waals surface area (Å²) in [4.78, 5) is 8.69. The third-order valence-corrected chi connectivity index (χ3v) is 5.54. The van der Waals surface area contributed by atoms with Gasteiger partial charge in [0.25, 0.3) is 0 Å². The first-order valence-corrected chi connectivity index (χ1v) is 11.9. The molecule has 4 aromatic rings. The van der Waals surface area contributed by atoms with Gasteiger partial charge in [-0.1, -0.05) is 42.5 Å². The average molecular weight is 552 g/mol. The van der Waals surface area contributed by atoms with Gasteiger partial charge in [-0.3, -0.25) is 9.97 Å². The van der Waals surface area contributed by atoms with Crippen molar-refractivity contribution < 1.29 is 38.5 Å². The lowest BCUT2D eigenvalue weighted by Crippen LogP contribution is -3.59. The fourth-order valence-corrected chi connectivity index (χ4v) is 4.41. The number of benzene rings is 2. The molecular formula is C24H22BF4IN2. The highest BCUT2D eigenvalue weighted by molar-refractivity contribution is 6.50. The minimum Gasteiger partial charge on any atom is -0.418 e. The van der Waals surface area contributed by atoms with Crippen LogP contribution in [-0.4, -0.2) is 17.2 Å². The zero-order chi connectivity index (χ0) is 23.6. The fraction of sp³-hybridized carbons (Fsp3) is 0.167. The van der Waals surface area contributed by atoms with Crippen LogP contribution in [0.1, 0.15) is 20.8 Å². The number of fused-ring (bicyclic) bond motifs is 3. The Hall–Kier alpha value is -2.67. The maximum atomic E-state index is 9.75. The van der Waals surface area contributed by atoms with Crippen LogP contribution >= 0.6 is 0 Å². The fourth-order valence-electron chi connectivity index (χ4n) is 2.38. The smallest absolute Gasteiger partial charge is 0.418 e. The summed E-state index contributed by atoms with van der Waals surface area (Å²) in [6, 6.07) is 22.7. The average Bonchev–Trinajstić information content (AvgIpc) is 2.73. The molecule has 32 heavy (non-hydrogen) atoms. The second-order valence-corrected chi connectivity index (χ2v) is 9.89. The summed E-state index contributed by atoms with van der Waals surface area (Å²) >= 11 is -0.100. The number of pyridine rings is 2. The normalized spacial score (nSPS) is 10.8. The van der Waals surface area contributed by atoms with Gasteiger partial charge in [-0.05, 0) is 51.0 Å². The predicted octanol–water partition coefficient (Wildman–Crippen LogP) is 4.04. The first-order valence-electron chi connectivity index (χ1n) is 9.70. The molecule has 0 aliphatic rings. The van der Waals surface area contributed by atoms with Crippen molar-refractivity contribution in [1.29, 1.82) is 0 Å². The van der Waals surface area contributed by atoms with Crippen LogP contribution in [0, 0.1) is 18.8 Å². The first-order chi connectivity index (χ1) is 15.0. The highest BCUT2D eigenvalue weighted by atomic mass is 127. The van der Waals surface area contributed by atoms with Crippen molar-refractivity contribution in [3.8, 4) is 9.85 Å². The molecule has 0 saturated carbocycles. The number of halogens is 5. The molecule has 0 N–H and O–H groups in total. The van der Waals surface area contributed by atoms with Crippen LogP contribution in [0.4, 0.5) is 17.3 Å². The molecule has 2 heterocycles. The predicted molar refractivity (Wildman–Crippen MR) is 120 cm³/mol. The lowest BCUT2D eigenvalue weighted by Gasteiger charge is -2.04. The van der Waals surface area contributed by atoms with Gasteiger partial charge < -0.3 is 17.3 Å². The van der Waals surface area contributed by atoms with E-state index in [1.54, 1.807) is 12.4 Å². The molecule has 8 heteroatoms. The summed E-state index contributed by atoms with van der Waals surface area (Å²) in [5.74, 6) is 3.27. The molecule has 4 rings (SSSR count). The Morgan fingerprint density at radius 3 is 1.62 bits per heavy atom. The van der Waals surface area contributed by atoms with Gasteiger partial charge in [-0.15, -0.1) is 0 Å². The molecule has 0 fully saturated rings. The Morgan fingerprint density at radius 2 is 1.19 bits per heavy atom. The molecule has 0 radical (unpaired) electrons. The Labute approximate surface area is 195 Å². The van der Waals surface area contributed by atoms with Crippen LogP contribution in [0.3, 0.4) is 0 Å². The van der Waals surface area contributed by atoms with E-state index in [-0.39, 0.29) is 26.6 Å². The van der Waals surface area contributed by atoms with E-state index in [9.17, 15) is 17.3 Å². The van der Waals surface area contributed by atoms with Crippen molar-refractivity contribution >= 4 is 29.1 Å². The SMILES string of the molecule is CC(C)(C)C#C[I+]c1ccccc1.F[B-](F)(F)F.c1cnc2c(c1)ccc1cccnc12. The van der Waals surface area contributed by atoms with Crippen molar-refractivity contribution in [2.24, 2.45) is 5.41 Å². The van der Waals surface area contributed by atoms with E-state index >= 15 is 0 Å². The van der Waals surface area contributed by atoms with E-state index < -0.39 is 7.25 Å². The maximum absolute atomic E-state index is 9.75. The highest BCUT2D eigenvalue weighted by Crippen LogP contribution is 2.20. The minimum atomic E-state index is -6.00. The van der Waals surface area contributed by atoms with Gasteiger partial charge in [0.05, 0.1) is 11.0 Å². The van der Waals surface area contributed by atoms with Crippen molar-refractivity contribution in [2.75, 3.05) is 0 Å². The van der Waals surface area contributed by atoms with E-state index in [1.165, 1.54) is 3.57 Å². The molecular weight excluding hydrogens is 530 g/mol. The molecule has 0 aliphatic carbocycles. The number of hydrogen-bond acceptors (Lipinski definition) is 2. The largest absolute Gasteiger partial charge is 0.673 e. The quantitative estimate of drug-likeness (QED) is 0.117. The van der Waals surface area contributed by atoms with Gasteiger partial charge in [0, 0.05) is 28.6 Å². The van der Waals surface area contributed by atoms with Crippen LogP contribution < -0.4 is 21.2 Å². The first kappa shape index (κ1) is 25.6. The van der Waals surface area contributed by atoms with Crippen LogP contribution in [-0.2, 0) is 0 Å². The molecule has 0 aliphatic heterocycles. The van der Waals surface area contributed by atoms with Crippen molar-refractivity contribution in [2.45, 2.75) is 20.8 Å². The number of hydrogen-bond donors (Lipinski definition) is 0. The van der Waals surface area contributed by atoms with Gasteiger partial charge in [0.15, 0.2) is 3.93 Å². The van der Waals surface area contributed by atoms with Crippen LogP contribution in [0.15, 0.2) is 79.1 Å². The number of aromatic nitrogens is 2. The van der Waals surface area contributed by atoms with E-state index in [4.69, 9.17) is 0 Å². The molecule has 0 saturated heterocycles. The summed E-state index contributed by atoms with van der Waals surface area (Å²) in [5, 5.41) is 2.28. The summed E-state index contributed by atoms with van der Waals surface area (Å²) in [5.41, 5.74) is 2.10. The minimum absolute atomic E-state index is 0.100. The second-order valence-electron chi connectivity index (χ2n) is 7.57. The van der Waals surface area contributed by atoms with Gasteiger partial charge in [0.1, 0.15) is 0 Å². The molecule has 0 unspecified atom stereocenters. The summed E-state index contributed by atoms with van der Waals surface area (Å²) in [6.45, 7) is 6.44. The molecule has 0 amide bonds. The maximum Gasteiger partial charge on any atom is 0.673 e. The standard InChI is InChI=1S/C12H14I.C12H8N2.BF4/c1-12(2,3)9-10-13-11-7-5-4-6-8-11;1-3-9-5-6-10-4-2-8-14-12(10)11(9)13-7-1;2-1(3,4)5/h4-8H,1-3H3;1-8H;/q+1;;-1. The summed E-state index contributed by atoms with van der Waals surface area (Å²) in [6.07, 6.45) is 3.60. The van der Waals surface area contributed by atoms with Gasteiger partial charge in [-0.2, -0.15) is 0 Å². The molecule has 2 nitrogen and oxygen atoms in total. The van der Waals surface area contributed by atoms with Crippen LogP contribution in [0.2, 0.25) is 0 Å². The number of nitrogens with zero attached hydrogens (tertiary/aromatic N) is 2. The van der Waals surface area contributed by atoms with Crippen molar-refractivity contribution in [3.63, 3.8) is 0 Å². The number of rotatable bonds is 1. The lowest BCUT2D eigenvalue weighted by atomic mass is 9.99. The summed E-state index contributed by atoms with van der Waals surface area (Å²) in [7, 11) is -6.00. The second kappa shape index (κ2) is 11.8. The van der Waals surface area contributed by atoms with Gasteiger partial charge >= 0.3 is 28.5 Å². The third-order valence-electron chi connectivity index (χ3n) is 3.66. The van der Waals surface area contributed by atoms with E-state index in [0.29, 0.717) is 0 Å². The van der Waals surface area contributed by atoms with Crippen LogP contribution in [0.5, 0.6) is 0 Å². The van der Waals surface area contributed by atoms with E-state index in [1.807, 2.05) is 18.2 Å². The van der Waals surface area contributed by atoms with Crippen LogP contribution in [0.25, 0.3) is 21.8 Å². The molecule has 0 atom stereocenters. The monoisotopic (exact) mass is 552 g/mol. The zero-order valence-corrected chi connectivity index (χ0v) is 20.0. The van der Waals surface area contributed by atoms with E-state index in [2.05, 4.69) is 89.1 Å². The third kappa shape index (κ3) is 10.1. The van der Waals surface area contributed by atoms with Crippen molar-refractivity contribution in [1.82, 2.24) is 9.97 Å². The Kier molecular flexibility index (Phi) is 9.45. The molecule has 2 aromatic heterocycles. The zero-order valence-electron chi connectivity index (χ0n) is 17.9. The van der Waals surface area contributed by atoms with E-state index in [0.717, 1.165) is 21.8 Å². The molecule has 0 spiro atoms.